The molecule has 0 saturated heterocycles. The predicted molar refractivity (Wildman–Crippen MR) is 112 cm³/mol. The minimum Gasteiger partial charge on any atom is -0.473 e. The number of amides is 1. The lowest BCUT2D eigenvalue weighted by Crippen LogP contribution is -2.41. The second kappa shape index (κ2) is 8.23. The SMILES string of the molecule is CCNC(O)c1ccc2c(c1)C1(CCC(Oc3ncc(Cl)cc3C#N)CC1)C(=O)N2. The average molecular weight is 427 g/mol. The lowest BCUT2D eigenvalue weighted by atomic mass is 9.69. The van der Waals surface area contributed by atoms with Crippen LogP contribution in [-0.2, 0) is 10.2 Å². The molecule has 1 amide bonds. The van der Waals surface area contributed by atoms with E-state index in [1.165, 1.54) is 12.3 Å². The number of aromatic nitrogens is 1. The molecule has 7 nitrogen and oxygen atoms in total. The fourth-order valence-corrected chi connectivity index (χ4v) is 4.53. The van der Waals surface area contributed by atoms with Crippen molar-refractivity contribution in [3.63, 3.8) is 0 Å². The zero-order chi connectivity index (χ0) is 21.3. The Kier molecular flexibility index (Phi) is 5.65. The van der Waals surface area contributed by atoms with Crippen molar-refractivity contribution in [1.29, 1.82) is 5.26 Å². The predicted octanol–water partition coefficient (Wildman–Crippen LogP) is 3.42. The summed E-state index contributed by atoms with van der Waals surface area (Å²) in [5.74, 6) is 0.267. The Morgan fingerprint density at radius 3 is 2.90 bits per heavy atom. The number of benzene rings is 1. The maximum atomic E-state index is 12.9. The van der Waals surface area contributed by atoms with Crippen molar-refractivity contribution in [2.45, 2.75) is 50.4 Å². The van der Waals surface area contributed by atoms with Crippen LogP contribution >= 0.6 is 11.6 Å². The lowest BCUT2D eigenvalue weighted by molar-refractivity contribution is -0.122. The van der Waals surface area contributed by atoms with E-state index in [0.29, 0.717) is 42.8 Å². The van der Waals surface area contributed by atoms with E-state index in [0.717, 1.165) is 16.8 Å². The first-order valence-electron chi connectivity index (χ1n) is 10.1. The largest absolute Gasteiger partial charge is 0.473 e. The van der Waals surface area contributed by atoms with Crippen LogP contribution in [0.15, 0.2) is 30.5 Å². The maximum Gasteiger partial charge on any atom is 0.235 e. The highest BCUT2D eigenvalue weighted by Gasteiger charge is 2.49. The van der Waals surface area contributed by atoms with Gasteiger partial charge in [-0.15, -0.1) is 0 Å². The highest BCUT2D eigenvalue weighted by molar-refractivity contribution is 6.30. The number of carbonyl (C=O) groups is 1. The maximum absolute atomic E-state index is 12.9. The Labute approximate surface area is 180 Å². The Morgan fingerprint density at radius 1 is 1.43 bits per heavy atom. The summed E-state index contributed by atoms with van der Waals surface area (Å²) < 4.78 is 5.98. The third kappa shape index (κ3) is 3.63. The van der Waals surface area contributed by atoms with Crippen LogP contribution in [0.2, 0.25) is 5.02 Å². The molecule has 2 heterocycles. The molecule has 1 unspecified atom stereocenters. The molecule has 30 heavy (non-hydrogen) atoms. The molecule has 1 aromatic carbocycles. The number of anilines is 1. The first-order valence-corrected chi connectivity index (χ1v) is 10.4. The number of nitrogens with one attached hydrogen (secondary N) is 2. The molecule has 8 heteroatoms. The van der Waals surface area contributed by atoms with Crippen molar-refractivity contribution >= 4 is 23.2 Å². The van der Waals surface area contributed by atoms with Crippen LogP contribution in [0.25, 0.3) is 0 Å². The summed E-state index contributed by atoms with van der Waals surface area (Å²) in [5.41, 5.74) is 2.16. The highest BCUT2D eigenvalue weighted by Crippen LogP contribution is 2.48. The molecule has 0 bridgehead atoms. The number of fused-ring (bicyclic) bond motifs is 2. The second-order valence-corrected chi connectivity index (χ2v) is 8.17. The summed E-state index contributed by atoms with van der Waals surface area (Å²) in [6.45, 7) is 2.57. The van der Waals surface area contributed by atoms with Gasteiger partial charge < -0.3 is 15.2 Å². The van der Waals surface area contributed by atoms with Gasteiger partial charge in [-0.05, 0) is 61.6 Å². The molecule has 1 spiro atoms. The number of hydrogen-bond donors (Lipinski definition) is 3. The molecule has 1 aliphatic carbocycles. The number of rotatable bonds is 5. The summed E-state index contributed by atoms with van der Waals surface area (Å²) in [7, 11) is 0. The lowest BCUT2D eigenvalue weighted by Gasteiger charge is -2.35. The number of aliphatic hydroxyl groups excluding tert-OH is 1. The first kappa shape index (κ1) is 20.6. The van der Waals surface area contributed by atoms with Crippen molar-refractivity contribution < 1.29 is 14.6 Å². The quantitative estimate of drug-likeness (QED) is 0.632. The molecule has 3 N–H and O–H groups in total. The second-order valence-electron chi connectivity index (χ2n) is 7.74. The van der Waals surface area contributed by atoms with Crippen LogP contribution in [0.3, 0.4) is 0 Å². The minimum atomic E-state index is -0.770. The molecule has 4 rings (SSSR count). The molecular formula is C22H23ClN4O3. The van der Waals surface area contributed by atoms with Gasteiger partial charge in [-0.3, -0.25) is 10.1 Å². The van der Waals surface area contributed by atoms with Gasteiger partial charge in [0.1, 0.15) is 24.0 Å². The van der Waals surface area contributed by atoms with Crippen LogP contribution in [0, 0.1) is 11.3 Å². The first-order chi connectivity index (χ1) is 14.5. The third-order valence-corrected chi connectivity index (χ3v) is 6.16. The molecular weight excluding hydrogens is 404 g/mol. The molecule has 1 aliphatic heterocycles. The molecule has 2 aliphatic rings. The average Bonchev–Trinajstić information content (AvgIpc) is 3.01. The van der Waals surface area contributed by atoms with E-state index in [2.05, 4.69) is 21.7 Å². The fraction of sp³-hybridized carbons (Fsp3) is 0.409. The van der Waals surface area contributed by atoms with Gasteiger partial charge in [0.15, 0.2) is 0 Å². The van der Waals surface area contributed by atoms with Gasteiger partial charge in [-0.25, -0.2) is 4.98 Å². The van der Waals surface area contributed by atoms with Crippen LogP contribution in [0.5, 0.6) is 5.88 Å². The number of nitrogens with zero attached hydrogens (tertiary/aromatic N) is 2. The van der Waals surface area contributed by atoms with E-state index in [4.69, 9.17) is 16.3 Å². The van der Waals surface area contributed by atoms with Gasteiger partial charge >= 0.3 is 0 Å². The number of ether oxygens (including phenoxy) is 1. The Morgan fingerprint density at radius 2 is 2.20 bits per heavy atom. The van der Waals surface area contributed by atoms with E-state index >= 15 is 0 Å². The molecule has 156 valence electrons. The Balaban J connectivity index is 1.53. The van der Waals surface area contributed by atoms with E-state index in [-0.39, 0.29) is 17.9 Å². The number of aliphatic hydroxyl groups is 1. The van der Waals surface area contributed by atoms with Crippen LogP contribution in [0.4, 0.5) is 5.69 Å². The van der Waals surface area contributed by atoms with Crippen molar-refractivity contribution in [3.8, 4) is 11.9 Å². The third-order valence-electron chi connectivity index (χ3n) is 5.96. The molecule has 0 radical (unpaired) electrons. The topological polar surface area (TPSA) is 107 Å². The van der Waals surface area contributed by atoms with E-state index in [9.17, 15) is 15.2 Å². The zero-order valence-electron chi connectivity index (χ0n) is 16.6. The van der Waals surface area contributed by atoms with Gasteiger partial charge in [0.2, 0.25) is 11.8 Å². The van der Waals surface area contributed by atoms with Gasteiger partial charge in [-0.1, -0.05) is 24.6 Å². The van der Waals surface area contributed by atoms with Crippen LogP contribution < -0.4 is 15.4 Å². The van der Waals surface area contributed by atoms with Crippen molar-refractivity contribution in [3.05, 3.63) is 52.2 Å². The van der Waals surface area contributed by atoms with E-state index < -0.39 is 11.6 Å². The number of pyridine rings is 1. The monoisotopic (exact) mass is 426 g/mol. The number of nitriles is 1. The van der Waals surface area contributed by atoms with Crippen molar-refractivity contribution in [2.75, 3.05) is 11.9 Å². The summed E-state index contributed by atoms with van der Waals surface area (Å²) in [5, 5.41) is 26.0. The zero-order valence-corrected chi connectivity index (χ0v) is 17.4. The van der Waals surface area contributed by atoms with Gasteiger partial charge in [-0.2, -0.15) is 5.26 Å². The van der Waals surface area contributed by atoms with Crippen molar-refractivity contribution in [2.24, 2.45) is 0 Å². The van der Waals surface area contributed by atoms with Crippen molar-refractivity contribution in [1.82, 2.24) is 10.3 Å². The van der Waals surface area contributed by atoms with E-state index in [1.807, 2.05) is 25.1 Å². The standard InChI is InChI=1S/C22H23ClN4O3/c1-2-25-19(28)13-3-4-18-17(10-13)22(21(29)27-18)7-5-16(6-8-22)30-20-14(11-24)9-15(23)12-26-20/h3-4,9-10,12,16,19,25,28H,2,5-8H2,1H3,(H,27,29). The molecule has 1 aromatic heterocycles. The van der Waals surface area contributed by atoms with E-state index in [1.54, 1.807) is 0 Å². The van der Waals surface area contributed by atoms with Gasteiger partial charge in [0.25, 0.3) is 0 Å². The number of hydrogen-bond acceptors (Lipinski definition) is 6. The molecule has 2 aromatic rings. The Hall–Kier alpha value is -2.66. The fourth-order valence-electron chi connectivity index (χ4n) is 4.37. The summed E-state index contributed by atoms with van der Waals surface area (Å²) in [4.78, 5) is 17.1. The molecule has 1 atom stereocenters. The highest BCUT2D eigenvalue weighted by atomic mass is 35.5. The summed E-state index contributed by atoms with van der Waals surface area (Å²) in [6, 6.07) is 9.20. The van der Waals surface area contributed by atoms with Gasteiger partial charge in [0.05, 0.1) is 10.4 Å². The molecule has 1 saturated carbocycles. The van der Waals surface area contributed by atoms with Gasteiger partial charge in [0, 0.05) is 11.9 Å². The number of carbonyl (C=O) groups excluding carboxylic acids is 1. The molecule has 1 fully saturated rings. The summed E-state index contributed by atoms with van der Waals surface area (Å²) in [6.07, 6.45) is 3.10. The smallest absolute Gasteiger partial charge is 0.235 e. The van der Waals surface area contributed by atoms with Crippen LogP contribution in [-0.4, -0.2) is 28.6 Å². The normalized spacial score (nSPS) is 23.5. The minimum absolute atomic E-state index is 0.00614. The summed E-state index contributed by atoms with van der Waals surface area (Å²) >= 11 is 5.90. The Bertz CT molecular complexity index is 1010. The van der Waals surface area contributed by atoms with Crippen LogP contribution in [0.1, 0.15) is 55.5 Å². The number of halogens is 1.